The smallest absolute Gasteiger partial charge is 0.391 e. The van der Waals surface area contributed by atoms with E-state index in [1.54, 1.807) is 0 Å². The second kappa shape index (κ2) is 5.03. The lowest BCUT2D eigenvalue weighted by atomic mass is 9.96. The van der Waals surface area contributed by atoms with Crippen LogP contribution >= 0.6 is 0 Å². The summed E-state index contributed by atoms with van der Waals surface area (Å²) in [5, 5.41) is 9.32. The zero-order chi connectivity index (χ0) is 12.3. The minimum absolute atomic E-state index is 0.205. The molecule has 6 heteroatoms. The summed E-state index contributed by atoms with van der Waals surface area (Å²) in [7, 11) is 0. The van der Waals surface area contributed by atoms with Crippen LogP contribution in [0.2, 0.25) is 0 Å². The summed E-state index contributed by atoms with van der Waals surface area (Å²) in [4.78, 5) is 11.9. The van der Waals surface area contributed by atoms with E-state index in [1.165, 1.54) is 0 Å². The summed E-state index contributed by atoms with van der Waals surface area (Å²) in [6.07, 6.45) is -3.50. The number of amides is 1. The molecular formula is C10H16F3NO2. The van der Waals surface area contributed by atoms with Crippen LogP contribution in [0.1, 0.15) is 32.6 Å². The van der Waals surface area contributed by atoms with Gasteiger partial charge in [0.15, 0.2) is 0 Å². The summed E-state index contributed by atoms with van der Waals surface area (Å²) < 4.78 is 36.9. The van der Waals surface area contributed by atoms with Gasteiger partial charge in [0.1, 0.15) is 0 Å². The van der Waals surface area contributed by atoms with Gasteiger partial charge in [0.2, 0.25) is 0 Å². The Kier molecular flexibility index (Phi) is 4.18. The number of nitrogens with zero attached hydrogens (tertiary/aromatic N) is 1. The molecule has 3 nitrogen and oxygen atoms in total. The number of β-amino-alcohol motifs (C(OH)–C–C–N with tert-alkyl or cyclic N) is 1. The van der Waals surface area contributed by atoms with Crippen LogP contribution in [0.15, 0.2) is 0 Å². The predicted molar refractivity (Wildman–Crippen MR) is 51.7 cm³/mol. The highest BCUT2D eigenvalue weighted by Gasteiger charge is 2.45. The molecule has 1 amide bonds. The maximum absolute atomic E-state index is 12.3. The molecule has 1 fully saturated rings. The molecule has 0 saturated carbocycles. The van der Waals surface area contributed by atoms with Gasteiger partial charge in [0.05, 0.1) is 6.10 Å². The van der Waals surface area contributed by atoms with Crippen LogP contribution in [0.25, 0.3) is 0 Å². The van der Waals surface area contributed by atoms with E-state index in [2.05, 4.69) is 0 Å². The normalized spacial score (nSPS) is 26.9. The topological polar surface area (TPSA) is 40.5 Å². The van der Waals surface area contributed by atoms with Crippen LogP contribution < -0.4 is 0 Å². The van der Waals surface area contributed by atoms with Crippen LogP contribution in [-0.4, -0.2) is 40.8 Å². The van der Waals surface area contributed by atoms with Crippen molar-refractivity contribution >= 4 is 5.91 Å². The van der Waals surface area contributed by atoms with Crippen molar-refractivity contribution in [1.82, 2.24) is 4.90 Å². The lowest BCUT2D eigenvalue weighted by Crippen LogP contribution is -2.53. The van der Waals surface area contributed by atoms with Crippen molar-refractivity contribution in [3.63, 3.8) is 0 Å². The molecule has 1 rings (SSSR count). The fourth-order valence-electron chi connectivity index (χ4n) is 2.05. The third kappa shape index (κ3) is 3.10. The molecule has 0 radical (unpaired) electrons. The van der Waals surface area contributed by atoms with E-state index in [9.17, 15) is 23.1 Å². The number of carbonyl (C=O) groups excluding carboxylic acids is 1. The largest absolute Gasteiger partial charge is 0.471 e. The Morgan fingerprint density at radius 3 is 2.56 bits per heavy atom. The first-order chi connectivity index (χ1) is 7.36. The molecule has 0 aromatic carbocycles. The van der Waals surface area contributed by atoms with Crippen LogP contribution in [0.3, 0.4) is 0 Å². The molecule has 1 aliphatic rings. The number of aliphatic hydroxyl groups excluding tert-OH is 1. The second-order valence-corrected chi connectivity index (χ2v) is 4.13. The van der Waals surface area contributed by atoms with E-state index in [0.29, 0.717) is 19.3 Å². The van der Waals surface area contributed by atoms with Gasteiger partial charge in [-0.2, -0.15) is 13.2 Å². The first-order valence-electron chi connectivity index (χ1n) is 5.42. The van der Waals surface area contributed by atoms with Gasteiger partial charge < -0.3 is 10.0 Å². The number of aliphatic hydroxyl groups is 1. The van der Waals surface area contributed by atoms with Crippen LogP contribution in [-0.2, 0) is 4.79 Å². The van der Waals surface area contributed by atoms with E-state index in [4.69, 9.17) is 0 Å². The van der Waals surface area contributed by atoms with Crippen LogP contribution in [0.5, 0.6) is 0 Å². The van der Waals surface area contributed by atoms with Gasteiger partial charge in [-0.25, -0.2) is 0 Å². The Labute approximate surface area is 92.2 Å². The highest BCUT2D eigenvalue weighted by molar-refractivity contribution is 5.82. The maximum Gasteiger partial charge on any atom is 0.471 e. The number of piperidine rings is 1. The van der Waals surface area contributed by atoms with Gasteiger partial charge in [-0.3, -0.25) is 4.79 Å². The summed E-state index contributed by atoms with van der Waals surface area (Å²) in [5.74, 6) is -1.83. The van der Waals surface area contributed by atoms with Gasteiger partial charge in [0, 0.05) is 12.6 Å². The Morgan fingerprint density at radius 2 is 2.06 bits per heavy atom. The first kappa shape index (κ1) is 13.3. The minimum Gasteiger partial charge on any atom is -0.391 e. The second-order valence-electron chi connectivity index (χ2n) is 4.13. The van der Waals surface area contributed by atoms with Crippen molar-refractivity contribution < 1.29 is 23.1 Å². The third-order valence-corrected chi connectivity index (χ3v) is 2.81. The zero-order valence-corrected chi connectivity index (χ0v) is 9.13. The first-order valence-corrected chi connectivity index (χ1v) is 5.42. The zero-order valence-electron chi connectivity index (χ0n) is 9.13. The highest BCUT2D eigenvalue weighted by Crippen LogP contribution is 2.27. The molecule has 1 aliphatic heterocycles. The number of likely N-dealkylation sites (tertiary alicyclic amines) is 1. The molecule has 0 unspecified atom stereocenters. The molecule has 16 heavy (non-hydrogen) atoms. The molecule has 0 aliphatic carbocycles. The van der Waals surface area contributed by atoms with Gasteiger partial charge >= 0.3 is 12.1 Å². The highest BCUT2D eigenvalue weighted by atomic mass is 19.4. The lowest BCUT2D eigenvalue weighted by molar-refractivity contribution is -0.191. The molecular weight excluding hydrogens is 223 g/mol. The monoisotopic (exact) mass is 239 g/mol. The number of hydrogen-bond acceptors (Lipinski definition) is 2. The van der Waals surface area contributed by atoms with Gasteiger partial charge in [0.25, 0.3) is 0 Å². The lowest BCUT2D eigenvalue weighted by Gasteiger charge is -2.38. The Morgan fingerprint density at radius 1 is 1.44 bits per heavy atom. The van der Waals surface area contributed by atoms with Gasteiger partial charge in [-0.1, -0.05) is 13.3 Å². The van der Waals surface area contributed by atoms with Crippen molar-refractivity contribution in [1.29, 1.82) is 0 Å². The standard InChI is InChI=1S/C10H16F3NO2/c1-2-3-7-4-5-8(15)6-14(7)9(16)10(11,12)13/h7-8,15H,2-6H2,1H3/t7-,8-/m0/s1. The SMILES string of the molecule is CCC[C@H]1CC[C@H](O)CN1C(=O)C(F)(F)F. The number of hydrogen-bond donors (Lipinski definition) is 1. The predicted octanol–water partition coefficient (Wildman–Crippen LogP) is 1.70. The van der Waals surface area contributed by atoms with Gasteiger partial charge in [-0.15, -0.1) is 0 Å². The van der Waals surface area contributed by atoms with E-state index in [-0.39, 0.29) is 12.6 Å². The third-order valence-electron chi connectivity index (χ3n) is 2.81. The quantitative estimate of drug-likeness (QED) is 0.796. The van der Waals surface area contributed by atoms with Crippen molar-refractivity contribution in [2.75, 3.05) is 6.54 Å². The van der Waals surface area contributed by atoms with Crippen LogP contribution in [0, 0.1) is 0 Å². The average molecular weight is 239 g/mol. The van der Waals surface area contributed by atoms with Crippen molar-refractivity contribution in [2.45, 2.75) is 50.9 Å². The molecule has 0 spiro atoms. The molecule has 1 saturated heterocycles. The van der Waals surface area contributed by atoms with Crippen molar-refractivity contribution in [2.24, 2.45) is 0 Å². The molecule has 1 N–H and O–H groups in total. The van der Waals surface area contributed by atoms with Crippen molar-refractivity contribution in [3.05, 3.63) is 0 Å². The number of carbonyl (C=O) groups is 1. The van der Waals surface area contributed by atoms with Crippen LogP contribution in [0.4, 0.5) is 13.2 Å². The Bertz CT molecular complexity index is 255. The van der Waals surface area contributed by atoms with E-state index >= 15 is 0 Å². The van der Waals surface area contributed by atoms with E-state index in [1.807, 2.05) is 6.92 Å². The van der Waals surface area contributed by atoms with E-state index in [0.717, 1.165) is 11.3 Å². The Balaban J connectivity index is 2.75. The fraction of sp³-hybridized carbons (Fsp3) is 0.900. The summed E-state index contributed by atoms with van der Waals surface area (Å²) in [6, 6.07) is -0.387. The molecule has 0 aromatic heterocycles. The van der Waals surface area contributed by atoms with Gasteiger partial charge in [-0.05, 0) is 19.3 Å². The summed E-state index contributed by atoms with van der Waals surface area (Å²) in [5.41, 5.74) is 0. The molecule has 94 valence electrons. The molecule has 0 aromatic rings. The number of halogens is 3. The summed E-state index contributed by atoms with van der Waals surface area (Å²) >= 11 is 0. The molecule has 1 heterocycles. The molecule has 0 bridgehead atoms. The van der Waals surface area contributed by atoms with Crippen molar-refractivity contribution in [3.8, 4) is 0 Å². The minimum atomic E-state index is -4.84. The fourth-order valence-corrected chi connectivity index (χ4v) is 2.05. The maximum atomic E-state index is 12.3. The number of alkyl halides is 3. The van der Waals surface area contributed by atoms with E-state index < -0.39 is 18.2 Å². The molecule has 2 atom stereocenters. The number of rotatable bonds is 2. The average Bonchev–Trinajstić information content (AvgIpc) is 2.18. The Hall–Kier alpha value is -0.780. The summed E-state index contributed by atoms with van der Waals surface area (Å²) in [6.45, 7) is 1.66.